The number of ether oxygens (including phenoxy) is 1. The number of aliphatic carboxylic acids is 1. The summed E-state index contributed by atoms with van der Waals surface area (Å²) in [5.74, 6) is -1.72. The molecule has 0 aromatic heterocycles. The summed E-state index contributed by atoms with van der Waals surface area (Å²) < 4.78 is 4.88. The van der Waals surface area contributed by atoms with Crippen LogP contribution in [0.5, 0.6) is 0 Å². The molecule has 0 rings (SSSR count). The Balaban J connectivity index is -0.000000602. The zero-order valence-electron chi connectivity index (χ0n) is 15.3. The minimum absolute atomic E-state index is 0. The first-order valence-electron chi connectivity index (χ1n) is 7.74. The molecule has 21 heavy (non-hydrogen) atoms. The van der Waals surface area contributed by atoms with Gasteiger partial charge in [-0.05, 0) is 6.42 Å². The van der Waals surface area contributed by atoms with Crippen LogP contribution in [-0.2, 0) is 14.3 Å². The summed E-state index contributed by atoms with van der Waals surface area (Å²) in [5.41, 5.74) is 0. The van der Waals surface area contributed by atoms with E-state index in [0.717, 1.165) is 25.0 Å². The van der Waals surface area contributed by atoms with Crippen molar-refractivity contribution in [1.82, 2.24) is 0 Å². The average Bonchev–Trinajstić information content (AvgIpc) is 2.42. The molecule has 0 aromatic carbocycles. The third-order valence-corrected chi connectivity index (χ3v) is 3.10. The van der Waals surface area contributed by atoms with Gasteiger partial charge < -0.3 is 12.7 Å². The molecule has 0 aliphatic heterocycles. The van der Waals surface area contributed by atoms with Crippen molar-refractivity contribution < 1.29 is 22.3 Å². The van der Waals surface area contributed by atoms with Crippen molar-refractivity contribution in [3.8, 4) is 0 Å². The molecule has 4 nitrogen and oxygen atoms in total. The van der Waals surface area contributed by atoms with E-state index in [4.69, 9.17) is 9.84 Å². The molecule has 5 heteroatoms. The van der Waals surface area contributed by atoms with E-state index >= 15 is 0 Å². The smallest absolute Gasteiger partial charge is 1.00 e. The summed E-state index contributed by atoms with van der Waals surface area (Å²) in [6.07, 6.45) is 14.0. The maximum absolute atomic E-state index is 11.0. The Morgan fingerprint density at radius 2 is 1.38 bits per heavy atom. The molecule has 0 heterocycles. The van der Waals surface area contributed by atoms with Crippen LogP contribution in [-0.4, -0.2) is 61.4 Å². The van der Waals surface area contributed by atoms with Crippen LogP contribution in [0.25, 0.3) is 0 Å². The molecule has 0 radical (unpaired) electrons. The zero-order valence-corrected chi connectivity index (χ0v) is 15.5. The molecule has 0 atom stereocenters. The van der Waals surface area contributed by atoms with E-state index < -0.39 is 11.9 Å². The van der Waals surface area contributed by atoms with Crippen LogP contribution in [0.15, 0.2) is 12.2 Å². The summed E-state index contributed by atoms with van der Waals surface area (Å²) in [7, 11) is 0. The molecule has 0 saturated carbocycles. The molecule has 0 aliphatic rings. The van der Waals surface area contributed by atoms with Crippen LogP contribution >= 0.6 is 0 Å². The van der Waals surface area contributed by atoms with Crippen LogP contribution in [0.4, 0.5) is 0 Å². The molecule has 1 N–H and O–H groups in total. The molecule has 0 amide bonds. The van der Waals surface area contributed by atoms with Crippen molar-refractivity contribution in [2.45, 2.75) is 71.1 Å². The van der Waals surface area contributed by atoms with Gasteiger partial charge in [0.2, 0.25) is 0 Å². The summed E-state index contributed by atoms with van der Waals surface area (Å²) in [4.78, 5) is 21.2. The number of esters is 1. The summed E-state index contributed by atoms with van der Waals surface area (Å²) in [6, 6.07) is 0. The van der Waals surface area contributed by atoms with Crippen LogP contribution in [0.3, 0.4) is 0 Å². The van der Waals surface area contributed by atoms with Gasteiger partial charge in [0, 0.05) is 12.2 Å². The van der Waals surface area contributed by atoms with Gasteiger partial charge in [-0.3, -0.25) is 0 Å². The SMILES string of the molecule is CCCCCCCCCCCCOC(=O)/C=C\C(=O)O.[Ca+2].[H-].[H-]. The third kappa shape index (κ3) is 19.9. The third-order valence-electron chi connectivity index (χ3n) is 3.10. The molecule has 0 unspecified atom stereocenters. The first-order valence-corrected chi connectivity index (χ1v) is 7.74. The predicted octanol–water partition coefficient (Wildman–Crippen LogP) is 3.94. The second-order valence-corrected chi connectivity index (χ2v) is 5.02. The van der Waals surface area contributed by atoms with Crippen LogP contribution in [0.1, 0.15) is 74.0 Å². The van der Waals surface area contributed by atoms with Gasteiger partial charge in [-0.15, -0.1) is 0 Å². The molecular weight excluding hydrogens is 296 g/mol. The van der Waals surface area contributed by atoms with E-state index in [1.807, 2.05) is 0 Å². The monoisotopic (exact) mass is 326 g/mol. The summed E-state index contributed by atoms with van der Waals surface area (Å²) in [5, 5.41) is 8.33. The first kappa shape index (κ1) is 23.2. The number of carbonyl (C=O) groups is 2. The second kappa shape index (κ2) is 18.0. The molecule has 0 aromatic rings. The minimum atomic E-state index is -1.14. The molecule has 0 aliphatic carbocycles. The molecule has 0 bridgehead atoms. The zero-order chi connectivity index (χ0) is 15.1. The largest absolute Gasteiger partial charge is 2.00 e. The van der Waals surface area contributed by atoms with Crippen LogP contribution in [0, 0.1) is 0 Å². The number of rotatable bonds is 13. The van der Waals surface area contributed by atoms with Gasteiger partial charge in [-0.1, -0.05) is 64.7 Å². The van der Waals surface area contributed by atoms with E-state index in [1.54, 1.807) is 0 Å². The Morgan fingerprint density at radius 1 is 0.905 bits per heavy atom. The van der Waals surface area contributed by atoms with Crippen molar-refractivity contribution in [3.63, 3.8) is 0 Å². The van der Waals surface area contributed by atoms with Crippen molar-refractivity contribution in [3.05, 3.63) is 12.2 Å². The summed E-state index contributed by atoms with van der Waals surface area (Å²) >= 11 is 0. The van der Waals surface area contributed by atoms with Crippen LogP contribution in [0.2, 0.25) is 0 Å². The van der Waals surface area contributed by atoms with Crippen molar-refractivity contribution >= 4 is 49.7 Å². The van der Waals surface area contributed by atoms with Crippen molar-refractivity contribution in [1.29, 1.82) is 0 Å². The fourth-order valence-corrected chi connectivity index (χ4v) is 1.95. The van der Waals surface area contributed by atoms with Gasteiger partial charge in [0.1, 0.15) is 0 Å². The van der Waals surface area contributed by atoms with Gasteiger partial charge in [0.05, 0.1) is 6.61 Å². The normalized spacial score (nSPS) is 10.3. The van der Waals surface area contributed by atoms with E-state index in [-0.39, 0.29) is 40.6 Å². The quantitative estimate of drug-likeness (QED) is 0.241. The molecular formula is C16H30CaO4. The number of hydrogen-bond acceptors (Lipinski definition) is 3. The second-order valence-electron chi connectivity index (χ2n) is 5.02. The predicted molar refractivity (Wildman–Crippen MR) is 87.6 cm³/mol. The maximum Gasteiger partial charge on any atom is 2.00 e. The minimum Gasteiger partial charge on any atom is -1.00 e. The number of carboxylic acid groups (broad SMARTS) is 1. The van der Waals surface area contributed by atoms with Gasteiger partial charge in [0.25, 0.3) is 0 Å². The van der Waals surface area contributed by atoms with Gasteiger partial charge in [-0.25, -0.2) is 9.59 Å². The van der Waals surface area contributed by atoms with E-state index in [1.165, 1.54) is 51.4 Å². The number of unbranched alkanes of at least 4 members (excludes halogenated alkanes) is 9. The number of carbonyl (C=O) groups excluding carboxylic acids is 1. The van der Waals surface area contributed by atoms with Crippen LogP contribution < -0.4 is 0 Å². The molecule has 0 fully saturated rings. The Labute approximate surface area is 161 Å². The fraction of sp³-hybridized carbons (Fsp3) is 0.750. The number of carboxylic acids is 1. The number of hydrogen-bond donors (Lipinski definition) is 1. The topological polar surface area (TPSA) is 63.6 Å². The Kier molecular flexibility index (Phi) is 19.9. The summed E-state index contributed by atoms with van der Waals surface area (Å²) in [6.45, 7) is 2.60. The Morgan fingerprint density at radius 3 is 1.86 bits per heavy atom. The van der Waals surface area contributed by atoms with Crippen molar-refractivity contribution in [2.24, 2.45) is 0 Å². The Hall–Kier alpha value is -0.0603. The first-order chi connectivity index (χ1) is 9.66. The van der Waals surface area contributed by atoms with E-state index in [0.29, 0.717) is 6.61 Å². The maximum atomic E-state index is 11.0. The Bertz CT molecular complexity index is 300. The van der Waals surface area contributed by atoms with E-state index in [2.05, 4.69) is 6.92 Å². The fourth-order valence-electron chi connectivity index (χ4n) is 1.95. The van der Waals surface area contributed by atoms with E-state index in [9.17, 15) is 9.59 Å². The van der Waals surface area contributed by atoms with Crippen molar-refractivity contribution in [2.75, 3.05) is 6.61 Å². The average molecular weight is 326 g/mol. The van der Waals surface area contributed by atoms with Gasteiger partial charge >= 0.3 is 49.7 Å². The standard InChI is InChI=1S/C16H28O4.Ca.2H/c1-2-3-4-5-6-7-8-9-10-11-14-20-16(19)13-12-15(17)18;;;/h12-13H,2-11,14H2,1H3,(H,17,18);;;/q;+2;2*-1/b13-12-;;;. The van der Waals surface area contributed by atoms with Gasteiger partial charge in [0.15, 0.2) is 0 Å². The molecule has 0 spiro atoms. The molecule has 0 saturated heterocycles. The van der Waals surface area contributed by atoms with Gasteiger partial charge in [-0.2, -0.15) is 0 Å². The molecule has 120 valence electrons.